The third kappa shape index (κ3) is 77.8. The molecule has 3 N–H and O–H groups in total. The number of hydrogen-bond donors (Lipinski definition) is 3. The van der Waals surface area contributed by atoms with E-state index in [2.05, 4.69) is 55.4 Å². The lowest BCUT2D eigenvalue weighted by atomic mass is 9.99. The lowest BCUT2D eigenvalue weighted by Gasteiger charge is -2.21. The van der Waals surface area contributed by atoms with Gasteiger partial charge in [-0.1, -0.05) is 409 Å². The molecule has 0 heterocycles. The van der Waals surface area contributed by atoms with E-state index in [1.807, 2.05) is 0 Å². The highest BCUT2D eigenvalue weighted by molar-refractivity contribution is 7.47. The van der Waals surface area contributed by atoms with Crippen LogP contribution in [0.2, 0.25) is 0 Å². The van der Waals surface area contributed by atoms with Gasteiger partial charge in [0, 0.05) is 25.7 Å². The molecule has 0 fully saturated rings. The summed E-state index contributed by atoms with van der Waals surface area (Å²) >= 11 is 0. The maximum atomic E-state index is 13.2. The Hall–Kier alpha value is -1.94. The Morgan fingerprint density at radius 1 is 0.262 bits per heavy atom. The molecule has 0 aromatic rings. The number of hydrogen-bond acceptors (Lipinski definition) is 15. The number of phosphoric ester groups is 2. The zero-order valence-corrected chi connectivity index (χ0v) is 72.6. The molecule has 0 aliphatic rings. The molecule has 0 saturated carbocycles. The second-order valence-corrected chi connectivity index (χ2v) is 35.7. The molecule has 0 saturated heterocycles. The number of aliphatic hydroxyl groups is 1. The van der Waals surface area contributed by atoms with Crippen LogP contribution in [0.3, 0.4) is 0 Å². The van der Waals surface area contributed by atoms with Crippen molar-refractivity contribution in [1.82, 2.24) is 0 Å². The summed E-state index contributed by atoms with van der Waals surface area (Å²) in [6, 6.07) is 0. The topological polar surface area (TPSA) is 237 Å². The highest BCUT2D eigenvalue weighted by atomic mass is 31.2. The molecule has 17 nitrogen and oxygen atoms in total. The Balaban J connectivity index is 5.22. The van der Waals surface area contributed by atoms with Crippen molar-refractivity contribution < 1.29 is 80.2 Å². The van der Waals surface area contributed by atoms with Crippen LogP contribution in [0.15, 0.2) is 0 Å². The van der Waals surface area contributed by atoms with E-state index in [9.17, 15) is 43.2 Å². The lowest BCUT2D eigenvalue weighted by molar-refractivity contribution is -0.161. The Bertz CT molecular complexity index is 2080. The van der Waals surface area contributed by atoms with E-state index in [0.29, 0.717) is 25.7 Å². The Morgan fingerprint density at radius 2 is 0.449 bits per heavy atom. The molecule has 0 rings (SSSR count). The molecule has 0 aliphatic heterocycles. The van der Waals surface area contributed by atoms with Gasteiger partial charge in [0.25, 0.3) is 0 Å². The minimum absolute atomic E-state index is 0.107. The van der Waals surface area contributed by atoms with Gasteiger partial charge >= 0.3 is 39.5 Å². The van der Waals surface area contributed by atoms with Crippen molar-refractivity contribution in [3.63, 3.8) is 0 Å². The van der Waals surface area contributed by atoms with E-state index in [1.54, 1.807) is 0 Å². The number of esters is 4. The monoisotopic (exact) mass is 1560 g/mol. The summed E-state index contributed by atoms with van der Waals surface area (Å²) in [5, 5.41) is 10.7. The summed E-state index contributed by atoms with van der Waals surface area (Å²) in [6.07, 6.45) is 66.6. The molecule has 8 atom stereocenters. The average Bonchev–Trinajstić information content (AvgIpc) is 0.926. The van der Waals surface area contributed by atoms with Gasteiger partial charge in [-0.2, -0.15) is 0 Å². The number of ether oxygens (including phenoxy) is 4. The molecule has 0 aromatic carbocycles. The van der Waals surface area contributed by atoms with Gasteiger partial charge in [-0.25, -0.2) is 9.13 Å². The fraction of sp³-hybridized carbons (Fsp3) is 0.955. The number of aliphatic hydroxyl groups excluding tert-OH is 1. The van der Waals surface area contributed by atoms with Crippen molar-refractivity contribution in [3.8, 4) is 0 Å². The van der Waals surface area contributed by atoms with Crippen LogP contribution in [0.4, 0.5) is 0 Å². The molecule has 0 aliphatic carbocycles. The number of unbranched alkanes of at least 4 members (excludes halogenated alkanes) is 48. The lowest BCUT2D eigenvalue weighted by Crippen LogP contribution is -2.30. The number of phosphoric acid groups is 2. The zero-order valence-electron chi connectivity index (χ0n) is 70.8. The molecule has 19 heteroatoms. The van der Waals surface area contributed by atoms with E-state index in [1.165, 1.54) is 257 Å². The second kappa shape index (κ2) is 76.7. The van der Waals surface area contributed by atoms with Gasteiger partial charge in [0.1, 0.15) is 19.3 Å². The van der Waals surface area contributed by atoms with E-state index in [0.717, 1.165) is 120 Å². The van der Waals surface area contributed by atoms with Crippen LogP contribution in [-0.4, -0.2) is 96.7 Å². The highest BCUT2D eigenvalue weighted by Crippen LogP contribution is 2.45. The third-order valence-electron chi connectivity index (χ3n) is 21.7. The molecule has 0 spiro atoms. The smallest absolute Gasteiger partial charge is 0.462 e. The maximum absolute atomic E-state index is 13.2. The van der Waals surface area contributed by atoms with Crippen molar-refractivity contribution in [1.29, 1.82) is 0 Å². The first-order valence-corrected chi connectivity index (χ1v) is 48.3. The van der Waals surface area contributed by atoms with Crippen molar-refractivity contribution in [2.24, 2.45) is 23.7 Å². The summed E-state index contributed by atoms with van der Waals surface area (Å²) in [5.41, 5.74) is 0. The number of rotatable bonds is 85. The van der Waals surface area contributed by atoms with E-state index in [-0.39, 0.29) is 25.7 Å². The van der Waals surface area contributed by atoms with Crippen LogP contribution in [-0.2, 0) is 65.4 Å². The average molecular weight is 1560 g/mol. The van der Waals surface area contributed by atoms with Crippen LogP contribution in [0, 0.1) is 23.7 Å². The van der Waals surface area contributed by atoms with Crippen molar-refractivity contribution in [2.75, 3.05) is 39.6 Å². The standard InChI is InChI=1S/C88H172O17P2/c1-9-79(6)65-57-49-41-35-29-23-16-14-12-13-15-17-25-31-37-43-52-60-68-85(90)98-74-83(104-87(92)70-62-54-44-38-32-26-20-18-22-28-34-40-48-56-64-78(4)5)76-102-106(94,95)100-72-82(89)73-101-107(96,97)103-77-84(75-99-86(91)69-61-53-47-46-51-59-67-81(8)11-3)105-88(93)71-63-55-45-39-33-27-21-19-24-30-36-42-50-58-66-80(7)10-2/h78-84,89H,9-77H2,1-8H3,(H,94,95)(H,96,97)/t79?,80?,81?,82-,83-,84-/m1/s1. The van der Waals surface area contributed by atoms with Gasteiger partial charge in [0.2, 0.25) is 0 Å². The summed E-state index contributed by atoms with van der Waals surface area (Å²) in [5.74, 6) is 1.14. The predicted molar refractivity (Wildman–Crippen MR) is 441 cm³/mol. The van der Waals surface area contributed by atoms with Crippen molar-refractivity contribution in [3.05, 3.63) is 0 Å². The van der Waals surface area contributed by atoms with Gasteiger partial charge in [-0.15, -0.1) is 0 Å². The van der Waals surface area contributed by atoms with Crippen LogP contribution < -0.4 is 0 Å². The first-order chi connectivity index (χ1) is 51.7. The minimum atomic E-state index is -4.97. The summed E-state index contributed by atoms with van der Waals surface area (Å²) in [4.78, 5) is 73.3. The van der Waals surface area contributed by atoms with Gasteiger partial charge in [0.05, 0.1) is 26.4 Å². The molecule has 0 aromatic heterocycles. The highest BCUT2D eigenvalue weighted by Gasteiger charge is 2.31. The van der Waals surface area contributed by atoms with E-state index in [4.69, 9.17) is 37.0 Å². The maximum Gasteiger partial charge on any atom is 0.472 e. The summed E-state index contributed by atoms with van der Waals surface area (Å²) in [6.45, 7) is 14.4. The Morgan fingerprint density at radius 3 is 0.664 bits per heavy atom. The van der Waals surface area contributed by atoms with Crippen molar-refractivity contribution >= 4 is 39.5 Å². The first-order valence-electron chi connectivity index (χ1n) is 45.3. The quantitative estimate of drug-likeness (QED) is 0.0222. The van der Waals surface area contributed by atoms with Crippen LogP contribution >= 0.6 is 15.6 Å². The minimum Gasteiger partial charge on any atom is -0.462 e. The van der Waals surface area contributed by atoms with Gasteiger partial charge in [0.15, 0.2) is 12.2 Å². The molecule has 5 unspecified atom stereocenters. The molecule has 0 bridgehead atoms. The van der Waals surface area contributed by atoms with E-state index < -0.39 is 97.5 Å². The first kappa shape index (κ1) is 105. The molecule has 107 heavy (non-hydrogen) atoms. The second-order valence-electron chi connectivity index (χ2n) is 32.8. The van der Waals surface area contributed by atoms with E-state index >= 15 is 0 Å². The molecular formula is C88H172O17P2. The van der Waals surface area contributed by atoms with Gasteiger partial charge < -0.3 is 33.8 Å². The zero-order chi connectivity index (χ0) is 78.8. The number of carbonyl (C=O) groups excluding carboxylic acids is 4. The largest absolute Gasteiger partial charge is 0.472 e. The molecular weight excluding hydrogens is 1390 g/mol. The third-order valence-corrected chi connectivity index (χ3v) is 23.6. The SMILES string of the molecule is CCC(C)CCCCCCCCCCCCCCCCCCCCC(=O)OC[C@H](COP(=O)(O)OC[C@@H](O)COP(=O)(O)OC[C@@H](COC(=O)CCCCCCCCC(C)CC)OC(=O)CCCCCCCCCCCCCCCCC(C)CC)OC(=O)CCCCCCCCCCCCCCCCC(C)C. The predicted octanol–water partition coefficient (Wildman–Crippen LogP) is 26.7. The summed E-state index contributed by atoms with van der Waals surface area (Å²) in [7, 11) is -9.93. The molecule has 0 radical (unpaired) electrons. The van der Waals surface area contributed by atoms with Crippen LogP contribution in [0.25, 0.3) is 0 Å². The van der Waals surface area contributed by atoms with Gasteiger partial charge in [-0.05, 0) is 49.4 Å². The van der Waals surface area contributed by atoms with Crippen LogP contribution in [0.1, 0.15) is 460 Å². The normalized spacial score (nSPS) is 14.7. The molecule has 636 valence electrons. The fourth-order valence-corrected chi connectivity index (χ4v) is 15.2. The molecule has 0 amide bonds. The van der Waals surface area contributed by atoms with Crippen molar-refractivity contribution in [2.45, 2.75) is 478 Å². The van der Waals surface area contributed by atoms with Crippen LogP contribution in [0.5, 0.6) is 0 Å². The Labute approximate surface area is 658 Å². The fourth-order valence-electron chi connectivity index (χ4n) is 13.6. The Kier molecular flexibility index (Phi) is 75.3. The summed E-state index contributed by atoms with van der Waals surface area (Å²) < 4.78 is 68.9. The van der Waals surface area contributed by atoms with Gasteiger partial charge in [-0.3, -0.25) is 37.3 Å². The number of carbonyl (C=O) groups is 4.